The number of nitro groups is 1. The van der Waals surface area contributed by atoms with Crippen molar-refractivity contribution in [1.29, 1.82) is 0 Å². The Labute approximate surface area is 135 Å². The van der Waals surface area contributed by atoms with Crippen LogP contribution in [-0.4, -0.2) is 41.9 Å². The van der Waals surface area contributed by atoms with Crippen LogP contribution in [0.5, 0.6) is 0 Å². The van der Waals surface area contributed by atoms with E-state index in [1.165, 1.54) is 4.90 Å². The average Bonchev–Trinajstić information content (AvgIpc) is 3.15. The van der Waals surface area contributed by atoms with Crippen molar-refractivity contribution in [3.8, 4) is 0 Å². The van der Waals surface area contributed by atoms with E-state index in [0.717, 1.165) is 32.0 Å². The quantitative estimate of drug-likeness (QED) is 0.661. The normalized spacial score (nSPS) is 23.9. The van der Waals surface area contributed by atoms with Crippen molar-refractivity contribution in [2.24, 2.45) is 5.41 Å². The average molecular weight is 343 g/mol. The number of alkyl halides is 3. The maximum absolute atomic E-state index is 12.9. The second-order valence-electron chi connectivity index (χ2n) is 6.43. The van der Waals surface area contributed by atoms with E-state index < -0.39 is 28.3 Å². The van der Waals surface area contributed by atoms with Gasteiger partial charge in [0, 0.05) is 42.7 Å². The Kier molecular flexibility index (Phi) is 3.98. The molecule has 3 rings (SSSR count). The van der Waals surface area contributed by atoms with E-state index in [1.54, 1.807) is 0 Å². The van der Waals surface area contributed by atoms with Crippen molar-refractivity contribution in [2.45, 2.75) is 19.0 Å². The summed E-state index contributed by atoms with van der Waals surface area (Å²) in [5.41, 5.74) is -2.23. The summed E-state index contributed by atoms with van der Waals surface area (Å²) < 4.78 is 38.8. The molecule has 2 saturated heterocycles. The lowest BCUT2D eigenvalue weighted by Crippen LogP contribution is -2.33. The molecule has 1 aromatic carbocycles. The minimum absolute atomic E-state index is 0.0246. The number of benzene rings is 1. The molecule has 1 N–H and O–H groups in total. The van der Waals surface area contributed by atoms with Crippen LogP contribution in [0.3, 0.4) is 0 Å². The van der Waals surface area contributed by atoms with E-state index in [-0.39, 0.29) is 11.0 Å². The number of hydrogen-bond acceptors (Lipinski definition) is 4. The van der Waals surface area contributed by atoms with Crippen LogP contribution in [0.2, 0.25) is 0 Å². The van der Waals surface area contributed by atoms with Gasteiger partial charge in [0.05, 0.1) is 10.5 Å². The van der Waals surface area contributed by atoms with Crippen LogP contribution in [-0.2, 0) is 6.18 Å². The fourth-order valence-corrected chi connectivity index (χ4v) is 3.44. The monoisotopic (exact) mass is 343 g/mol. The number of nitrogens with zero attached hydrogens (tertiary/aromatic N) is 2. The second-order valence-corrected chi connectivity index (χ2v) is 6.43. The predicted octanol–water partition coefficient (Wildman–Crippen LogP) is 2.44. The fourth-order valence-electron chi connectivity index (χ4n) is 3.44. The van der Waals surface area contributed by atoms with Crippen molar-refractivity contribution in [2.75, 3.05) is 26.2 Å². The summed E-state index contributed by atoms with van der Waals surface area (Å²) in [6.45, 7) is 2.55. The molecule has 0 radical (unpaired) electrons. The highest BCUT2D eigenvalue weighted by molar-refractivity contribution is 5.95. The molecule has 0 aromatic heterocycles. The van der Waals surface area contributed by atoms with Crippen molar-refractivity contribution in [3.05, 3.63) is 39.4 Å². The summed E-state index contributed by atoms with van der Waals surface area (Å²) in [5.74, 6) is -0.590. The SMILES string of the molecule is O=C(c1cc([N+](=O)[O-])cc(C(F)(F)F)c1)N1CCC2(CCNC2)C1. The molecule has 0 saturated carbocycles. The Morgan fingerprint density at radius 1 is 1.29 bits per heavy atom. The Morgan fingerprint density at radius 3 is 2.62 bits per heavy atom. The predicted molar refractivity (Wildman–Crippen MR) is 78.5 cm³/mol. The van der Waals surface area contributed by atoms with Gasteiger partial charge in [-0.3, -0.25) is 14.9 Å². The van der Waals surface area contributed by atoms with Gasteiger partial charge in [0.1, 0.15) is 0 Å². The third kappa shape index (κ3) is 3.08. The number of rotatable bonds is 2. The molecule has 0 aliphatic carbocycles. The fraction of sp³-hybridized carbons (Fsp3) is 0.533. The molecule has 2 fully saturated rings. The van der Waals surface area contributed by atoms with Crippen molar-refractivity contribution in [1.82, 2.24) is 10.2 Å². The summed E-state index contributed by atoms with van der Waals surface area (Å²) in [4.78, 5) is 24.0. The summed E-state index contributed by atoms with van der Waals surface area (Å²) >= 11 is 0. The molecular formula is C15H16F3N3O3. The molecule has 130 valence electrons. The molecular weight excluding hydrogens is 327 g/mol. The first kappa shape index (κ1) is 16.7. The Hall–Kier alpha value is -2.16. The lowest BCUT2D eigenvalue weighted by molar-refractivity contribution is -0.385. The molecule has 1 atom stereocenters. The maximum atomic E-state index is 12.9. The highest BCUT2D eigenvalue weighted by Crippen LogP contribution is 2.37. The number of halogens is 3. The number of non-ortho nitro benzene ring substituents is 1. The molecule has 1 spiro atoms. The molecule has 6 nitrogen and oxygen atoms in total. The van der Waals surface area contributed by atoms with Gasteiger partial charge in [-0.2, -0.15) is 13.2 Å². The van der Waals surface area contributed by atoms with Gasteiger partial charge in [-0.15, -0.1) is 0 Å². The Bertz CT molecular complexity index is 684. The zero-order valence-corrected chi connectivity index (χ0v) is 12.7. The largest absolute Gasteiger partial charge is 0.416 e. The van der Waals surface area contributed by atoms with Crippen LogP contribution in [0.25, 0.3) is 0 Å². The van der Waals surface area contributed by atoms with Crippen molar-refractivity contribution >= 4 is 11.6 Å². The van der Waals surface area contributed by atoms with Crippen LogP contribution in [0.15, 0.2) is 18.2 Å². The smallest absolute Gasteiger partial charge is 0.338 e. The van der Waals surface area contributed by atoms with Gasteiger partial charge in [-0.25, -0.2) is 0 Å². The van der Waals surface area contributed by atoms with E-state index in [2.05, 4.69) is 5.32 Å². The number of nitro benzene ring substituents is 1. The van der Waals surface area contributed by atoms with Crippen molar-refractivity contribution in [3.63, 3.8) is 0 Å². The Morgan fingerprint density at radius 2 is 2.04 bits per heavy atom. The number of carbonyl (C=O) groups excluding carboxylic acids is 1. The third-order valence-electron chi connectivity index (χ3n) is 4.76. The van der Waals surface area contributed by atoms with Gasteiger partial charge in [-0.1, -0.05) is 0 Å². The minimum Gasteiger partial charge on any atom is -0.338 e. The molecule has 9 heteroatoms. The van der Waals surface area contributed by atoms with E-state index >= 15 is 0 Å². The number of hydrogen-bond donors (Lipinski definition) is 1. The molecule has 1 amide bonds. The molecule has 2 heterocycles. The van der Waals surface area contributed by atoms with Gasteiger partial charge in [0.2, 0.25) is 0 Å². The zero-order chi connectivity index (χ0) is 17.5. The summed E-state index contributed by atoms with van der Waals surface area (Å²) in [6.07, 6.45) is -3.05. The first-order valence-corrected chi connectivity index (χ1v) is 7.57. The topological polar surface area (TPSA) is 75.5 Å². The summed E-state index contributed by atoms with van der Waals surface area (Å²) in [5, 5.41) is 14.1. The third-order valence-corrected chi connectivity index (χ3v) is 4.76. The highest BCUT2D eigenvalue weighted by Gasteiger charge is 2.42. The maximum Gasteiger partial charge on any atom is 0.416 e. The number of carbonyl (C=O) groups is 1. The van der Waals surface area contributed by atoms with E-state index in [1.807, 2.05) is 0 Å². The number of likely N-dealkylation sites (tertiary alicyclic amines) is 1. The summed E-state index contributed by atoms with van der Waals surface area (Å²) in [6, 6.07) is 2.05. The van der Waals surface area contributed by atoms with Gasteiger partial charge in [0.25, 0.3) is 11.6 Å². The van der Waals surface area contributed by atoms with Gasteiger partial charge >= 0.3 is 6.18 Å². The second kappa shape index (κ2) is 5.73. The van der Waals surface area contributed by atoms with E-state index in [9.17, 15) is 28.1 Å². The van der Waals surface area contributed by atoms with Crippen LogP contribution < -0.4 is 5.32 Å². The molecule has 1 unspecified atom stereocenters. The van der Waals surface area contributed by atoms with Crippen LogP contribution in [0.1, 0.15) is 28.8 Å². The lowest BCUT2D eigenvalue weighted by Gasteiger charge is -2.23. The molecule has 24 heavy (non-hydrogen) atoms. The van der Waals surface area contributed by atoms with E-state index in [0.29, 0.717) is 25.2 Å². The number of amides is 1. The zero-order valence-electron chi connectivity index (χ0n) is 12.7. The van der Waals surface area contributed by atoms with Gasteiger partial charge in [-0.05, 0) is 25.5 Å². The molecule has 0 bridgehead atoms. The molecule has 2 aliphatic heterocycles. The first-order valence-electron chi connectivity index (χ1n) is 7.57. The lowest BCUT2D eigenvalue weighted by atomic mass is 9.86. The van der Waals surface area contributed by atoms with Crippen LogP contribution in [0.4, 0.5) is 18.9 Å². The van der Waals surface area contributed by atoms with Gasteiger partial charge < -0.3 is 10.2 Å². The van der Waals surface area contributed by atoms with Crippen LogP contribution >= 0.6 is 0 Å². The van der Waals surface area contributed by atoms with Crippen molar-refractivity contribution < 1.29 is 22.9 Å². The van der Waals surface area contributed by atoms with Gasteiger partial charge in [0.15, 0.2) is 0 Å². The van der Waals surface area contributed by atoms with E-state index in [4.69, 9.17) is 0 Å². The van der Waals surface area contributed by atoms with Crippen LogP contribution in [0, 0.1) is 15.5 Å². The first-order chi connectivity index (χ1) is 11.2. The highest BCUT2D eigenvalue weighted by atomic mass is 19.4. The Balaban J connectivity index is 1.89. The molecule has 2 aliphatic rings. The standard InChI is InChI=1S/C15H16F3N3O3/c16-15(17,18)11-5-10(6-12(7-11)21(23)24)13(22)20-4-2-14(9-20)1-3-19-8-14/h5-7,19H,1-4,8-9H2. The molecule has 1 aromatic rings. The summed E-state index contributed by atoms with van der Waals surface area (Å²) in [7, 11) is 0. The minimum atomic E-state index is -4.75. The number of nitrogens with one attached hydrogen (secondary N) is 1.